The van der Waals surface area contributed by atoms with E-state index < -0.39 is 0 Å². The quantitative estimate of drug-likeness (QED) is 0.445. The maximum atomic E-state index is 12.2. The molecule has 0 aromatic carbocycles. The van der Waals surface area contributed by atoms with Crippen LogP contribution in [-0.2, 0) is 19.1 Å². The molecule has 158 valence electrons. The van der Waals surface area contributed by atoms with Crippen LogP contribution in [0.25, 0.3) is 0 Å². The van der Waals surface area contributed by atoms with E-state index in [-0.39, 0.29) is 41.7 Å². The molecule has 0 fully saturated rings. The summed E-state index contributed by atoms with van der Waals surface area (Å²) in [6, 6.07) is 0. The van der Waals surface area contributed by atoms with Crippen molar-refractivity contribution in [2.75, 3.05) is 33.8 Å². The highest BCUT2D eigenvalue weighted by Gasteiger charge is 2.24. The van der Waals surface area contributed by atoms with Crippen LogP contribution in [0.3, 0.4) is 0 Å². The maximum Gasteiger partial charge on any atom is 0.225 e. The summed E-state index contributed by atoms with van der Waals surface area (Å²) in [5.41, 5.74) is -0.589. The van der Waals surface area contributed by atoms with Gasteiger partial charge >= 0.3 is 0 Å². The van der Waals surface area contributed by atoms with Crippen LogP contribution in [0.5, 0.6) is 0 Å². The molecule has 0 spiro atoms. The van der Waals surface area contributed by atoms with Gasteiger partial charge in [-0.05, 0) is 54.1 Å². The highest BCUT2D eigenvalue weighted by atomic mass is 16.5. The van der Waals surface area contributed by atoms with Gasteiger partial charge in [0, 0.05) is 44.5 Å². The van der Waals surface area contributed by atoms with Gasteiger partial charge in [-0.25, -0.2) is 0 Å². The molecule has 2 amide bonds. The average molecular weight is 386 g/mol. The van der Waals surface area contributed by atoms with Crippen molar-refractivity contribution < 1.29 is 19.1 Å². The lowest BCUT2D eigenvalue weighted by Gasteiger charge is -2.30. The summed E-state index contributed by atoms with van der Waals surface area (Å²) in [5.74, 6) is -0.570. The number of nitrogens with one attached hydrogen (secondary N) is 2. The van der Waals surface area contributed by atoms with Gasteiger partial charge in [-0.1, -0.05) is 6.92 Å². The smallest absolute Gasteiger partial charge is 0.225 e. The predicted octanol–water partition coefficient (Wildman–Crippen LogP) is 1.75. The van der Waals surface area contributed by atoms with Crippen molar-refractivity contribution in [1.82, 2.24) is 15.5 Å². The number of carbonyl (C=O) groups excluding carboxylic acids is 3. The Kier molecular flexibility index (Phi) is 11.4. The van der Waals surface area contributed by atoms with Gasteiger partial charge in [-0.2, -0.15) is 0 Å². The molecule has 0 heterocycles. The first kappa shape index (κ1) is 25.5. The molecular weight excluding hydrogens is 346 g/mol. The van der Waals surface area contributed by atoms with Crippen LogP contribution in [0, 0.1) is 5.92 Å². The number of amides is 2. The highest BCUT2D eigenvalue weighted by Crippen LogP contribution is 2.17. The summed E-state index contributed by atoms with van der Waals surface area (Å²) in [4.78, 5) is 36.3. The maximum absolute atomic E-state index is 12.2. The fourth-order valence-corrected chi connectivity index (χ4v) is 2.58. The number of ether oxygens (including phenoxy) is 1. The zero-order valence-corrected chi connectivity index (χ0v) is 18.2. The molecule has 2 N–H and O–H groups in total. The third-order valence-electron chi connectivity index (χ3n) is 4.60. The first-order valence-electron chi connectivity index (χ1n) is 9.72. The molecule has 0 aliphatic rings. The van der Waals surface area contributed by atoms with Gasteiger partial charge in [0.2, 0.25) is 11.8 Å². The van der Waals surface area contributed by atoms with Crippen LogP contribution in [0.2, 0.25) is 0 Å². The van der Waals surface area contributed by atoms with Crippen molar-refractivity contribution in [3.05, 3.63) is 0 Å². The summed E-state index contributed by atoms with van der Waals surface area (Å²) < 4.78 is 5.96. The third kappa shape index (κ3) is 11.8. The van der Waals surface area contributed by atoms with Crippen molar-refractivity contribution in [2.24, 2.45) is 5.92 Å². The minimum atomic E-state index is -0.385. The van der Waals surface area contributed by atoms with Crippen LogP contribution >= 0.6 is 0 Å². The molecule has 0 bridgehead atoms. The van der Waals surface area contributed by atoms with Crippen molar-refractivity contribution in [2.45, 2.75) is 71.4 Å². The van der Waals surface area contributed by atoms with Gasteiger partial charge in [0.1, 0.15) is 6.29 Å². The topological polar surface area (TPSA) is 87.7 Å². The summed E-state index contributed by atoms with van der Waals surface area (Å²) in [6.07, 6.45) is 2.79. The zero-order chi connectivity index (χ0) is 21.1. The molecule has 7 nitrogen and oxygen atoms in total. The van der Waals surface area contributed by atoms with Crippen molar-refractivity contribution in [3.8, 4) is 0 Å². The third-order valence-corrected chi connectivity index (χ3v) is 4.60. The average Bonchev–Trinajstić information content (AvgIpc) is 2.56. The fraction of sp³-hybridized carbons (Fsp3) is 0.850. The number of rotatable bonds is 14. The van der Waals surface area contributed by atoms with Crippen LogP contribution < -0.4 is 10.6 Å². The largest absolute Gasteiger partial charge is 0.375 e. The molecule has 27 heavy (non-hydrogen) atoms. The molecule has 0 aliphatic carbocycles. The van der Waals surface area contributed by atoms with E-state index in [4.69, 9.17) is 4.74 Å². The molecule has 1 atom stereocenters. The molecule has 0 aromatic heterocycles. The molecular formula is C20H39N3O4. The fourth-order valence-electron chi connectivity index (χ4n) is 2.58. The minimum Gasteiger partial charge on any atom is -0.375 e. The van der Waals surface area contributed by atoms with E-state index in [0.717, 1.165) is 19.3 Å². The number of hydrogen-bond donors (Lipinski definition) is 2. The van der Waals surface area contributed by atoms with Crippen LogP contribution in [-0.4, -0.2) is 67.9 Å². The van der Waals surface area contributed by atoms with E-state index in [0.29, 0.717) is 19.6 Å². The van der Waals surface area contributed by atoms with Gasteiger partial charge in [-0.15, -0.1) is 0 Å². The van der Waals surface area contributed by atoms with Gasteiger partial charge in [-0.3, -0.25) is 9.59 Å². The molecule has 7 heteroatoms. The van der Waals surface area contributed by atoms with E-state index in [1.54, 1.807) is 14.0 Å². The van der Waals surface area contributed by atoms with E-state index in [1.165, 1.54) is 4.90 Å². The van der Waals surface area contributed by atoms with Gasteiger partial charge in [0.25, 0.3) is 0 Å². The first-order valence-corrected chi connectivity index (χ1v) is 9.72. The Hall–Kier alpha value is -1.47. The Labute approximate surface area is 164 Å². The lowest BCUT2D eigenvalue weighted by Crippen LogP contribution is -2.46. The second kappa shape index (κ2) is 12.1. The molecule has 0 radical (unpaired) electrons. The molecule has 0 saturated carbocycles. The van der Waals surface area contributed by atoms with Gasteiger partial charge in [0.15, 0.2) is 0 Å². The Morgan fingerprint density at radius 1 is 1.19 bits per heavy atom. The number of carbonyl (C=O) groups is 3. The number of nitrogens with zero attached hydrogens (tertiary/aromatic N) is 1. The normalized spacial score (nSPS) is 13.1. The molecule has 0 aromatic rings. The second-order valence-electron chi connectivity index (χ2n) is 8.46. The summed E-state index contributed by atoms with van der Waals surface area (Å²) >= 11 is 0. The Balaban J connectivity index is 4.27. The first-order chi connectivity index (χ1) is 12.4. The summed E-state index contributed by atoms with van der Waals surface area (Å²) in [5, 5.41) is 6.13. The van der Waals surface area contributed by atoms with Crippen LogP contribution in [0.4, 0.5) is 0 Å². The summed E-state index contributed by atoms with van der Waals surface area (Å²) in [7, 11) is 3.58. The SMILES string of the molecule is CNCCC(C)(C)OCCC(C)(C)NC(=O)CCN(C)C(=O)C(C)CC=O. The highest BCUT2D eigenvalue weighted by molar-refractivity contribution is 5.81. The van der Waals surface area contributed by atoms with Crippen molar-refractivity contribution >= 4 is 18.1 Å². The lowest BCUT2D eigenvalue weighted by atomic mass is 10.00. The van der Waals surface area contributed by atoms with Crippen LogP contribution in [0.15, 0.2) is 0 Å². The molecule has 0 rings (SSSR count). The zero-order valence-electron chi connectivity index (χ0n) is 18.2. The molecule has 0 saturated heterocycles. The number of aldehydes is 1. The summed E-state index contributed by atoms with van der Waals surface area (Å²) in [6.45, 7) is 11.6. The van der Waals surface area contributed by atoms with E-state index in [9.17, 15) is 14.4 Å². The standard InChI is InChI=1S/C20H39N3O4/c1-16(9-14-24)18(26)23(7)13-8-17(25)22-19(2,3)11-15-27-20(4,5)10-12-21-6/h14,16,21H,8-13,15H2,1-7H3,(H,22,25). The second-order valence-corrected chi connectivity index (χ2v) is 8.46. The van der Waals surface area contributed by atoms with Gasteiger partial charge < -0.3 is 25.1 Å². The monoisotopic (exact) mass is 385 g/mol. The molecule has 0 aliphatic heterocycles. The minimum absolute atomic E-state index is 0.0999. The Morgan fingerprint density at radius 3 is 2.37 bits per heavy atom. The van der Waals surface area contributed by atoms with E-state index in [2.05, 4.69) is 24.5 Å². The number of hydrogen-bond acceptors (Lipinski definition) is 5. The molecule has 1 unspecified atom stereocenters. The van der Waals surface area contributed by atoms with Gasteiger partial charge in [0.05, 0.1) is 5.60 Å². The Bertz CT molecular complexity index is 478. The Morgan fingerprint density at radius 2 is 1.81 bits per heavy atom. The van der Waals surface area contributed by atoms with Crippen molar-refractivity contribution in [1.29, 1.82) is 0 Å². The lowest BCUT2D eigenvalue weighted by molar-refractivity contribution is -0.135. The van der Waals surface area contributed by atoms with E-state index >= 15 is 0 Å². The van der Waals surface area contributed by atoms with Crippen LogP contribution in [0.1, 0.15) is 60.3 Å². The van der Waals surface area contributed by atoms with Crippen molar-refractivity contribution in [3.63, 3.8) is 0 Å². The predicted molar refractivity (Wildman–Crippen MR) is 108 cm³/mol. The van der Waals surface area contributed by atoms with E-state index in [1.807, 2.05) is 20.9 Å².